The van der Waals surface area contributed by atoms with Crippen LogP contribution in [0.2, 0.25) is 0 Å². The molecular formula is C58H93N3O19. The van der Waals surface area contributed by atoms with E-state index in [9.17, 15) is 44.7 Å². The second-order valence-corrected chi connectivity index (χ2v) is 23.9. The quantitative estimate of drug-likeness (QED) is 0.0913. The first-order valence-corrected chi connectivity index (χ1v) is 28.5. The number of aliphatic hydroxyl groups is 4. The summed E-state index contributed by atoms with van der Waals surface area (Å²) >= 11 is 0. The second kappa shape index (κ2) is 27.7. The third-order valence-electron chi connectivity index (χ3n) is 16.9. The van der Waals surface area contributed by atoms with Gasteiger partial charge in [-0.05, 0) is 120 Å². The van der Waals surface area contributed by atoms with Crippen molar-refractivity contribution in [2.45, 2.75) is 211 Å². The molecular weight excluding hydrogens is 1040 g/mol. The Balaban J connectivity index is 1.10. The lowest BCUT2D eigenvalue weighted by molar-refractivity contribution is -0.318. The Morgan fingerprint density at radius 3 is 2.17 bits per heavy atom. The number of carboxylic acid groups (broad SMARTS) is 1. The number of carbonyl (C=O) groups excluding carboxylic acids is 2. The van der Waals surface area contributed by atoms with E-state index in [1.165, 1.54) is 20.2 Å². The van der Waals surface area contributed by atoms with E-state index in [-0.39, 0.29) is 88.4 Å². The van der Waals surface area contributed by atoms with Crippen LogP contribution >= 0.6 is 0 Å². The molecule has 6 rings (SSSR count). The largest absolute Gasteiger partial charge is 0.491 e. The molecule has 3 aliphatic heterocycles. The number of aromatic carboxylic acids is 1. The fourth-order valence-electron chi connectivity index (χ4n) is 12.1. The van der Waals surface area contributed by atoms with E-state index in [0.717, 1.165) is 12.8 Å². The summed E-state index contributed by atoms with van der Waals surface area (Å²) in [7, 11) is 7.06. The van der Waals surface area contributed by atoms with E-state index < -0.39 is 113 Å². The Hall–Kier alpha value is -3.88. The van der Waals surface area contributed by atoms with Crippen molar-refractivity contribution in [3.8, 4) is 5.75 Å². The fraction of sp³-hybridized carbons (Fsp3) is 0.793. The minimum Gasteiger partial charge on any atom is -0.491 e. The summed E-state index contributed by atoms with van der Waals surface area (Å²) in [6.07, 6.45) is -6.07. The minimum absolute atomic E-state index is 0.0263. The molecule has 80 heavy (non-hydrogen) atoms. The van der Waals surface area contributed by atoms with Gasteiger partial charge in [0.15, 0.2) is 18.7 Å². The van der Waals surface area contributed by atoms with Crippen LogP contribution in [0.15, 0.2) is 29.2 Å². The van der Waals surface area contributed by atoms with Gasteiger partial charge in [-0.3, -0.25) is 14.4 Å². The van der Waals surface area contributed by atoms with Gasteiger partial charge in [-0.15, -0.1) is 0 Å². The molecule has 0 spiro atoms. The van der Waals surface area contributed by atoms with Gasteiger partial charge in [0.25, 0.3) is 0 Å². The zero-order chi connectivity index (χ0) is 59.2. The monoisotopic (exact) mass is 1140 g/mol. The molecule has 0 amide bonds. The molecule has 0 bridgehead atoms. The normalized spacial score (nSPS) is 37.2. The highest BCUT2D eigenvalue weighted by Crippen LogP contribution is 2.42. The molecule has 5 N–H and O–H groups in total. The number of methoxy groups -OCH3 is 1. The van der Waals surface area contributed by atoms with Crippen molar-refractivity contribution in [2.75, 3.05) is 67.8 Å². The average Bonchev–Trinajstić information content (AvgIpc) is 4.38. The van der Waals surface area contributed by atoms with Crippen molar-refractivity contribution in [2.24, 2.45) is 17.8 Å². The third kappa shape index (κ3) is 15.7. The van der Waals surface area contributed by atoms with Gasteiger partial charge in [-0.1, -0.05) is 20.8 Å². The molecule has 1 saturated carbocycles. The lowest BCUT2D eigenvalue weighted by Gasteiger charge is -2.49. The Kier molecular flexibility index (Phi) is 22.6. The first kappa shape index (κ1) is 65.3. The smallest absolute Gasteiger partial charge is 0.341 e. The highest BCUT2D eigenvalue weighted by Gasteiger charge is 2.54. The van der Waals surface area contributed by atoms with E-state index in [2.05, 4.69) is 0 Å². The van der Waals surface area contributed by atoms with Gasteiger partial charge in [-0.2, -0.15) is 0 Å². The maximum atomic E-state index is 14.6. The van der Waals surface area contributed by atoms with Crippen LogP contribution in [-0.4, -0.2) is 216 Å². The molecule has 1 aromatic heterocycles. The number of carbonyl (C=O) groups is 3. The summed E-state index contributed by atoms with van der Waals surface area (Å²) in [6, 6.07) is 4.17. The number of rotatable bonds is 20. The molecule has 18 atom stereocenters. The van der Waals surface area contributed by atoms with Crippen LogP contribution < -0.4 is 10.2 Å². The molecule has 22 nitrogen and oxygen atoms in total. The van der Waals surface area contributed by atoms with Gasteiger partial charge in [-0.25, -0.2) is 4.79 Å². The molecule has 0 radical (unpaired) electrons. The number of esters is 2. The van der Waals surface area contributed by atoms with Gasteiger partial charge in [0.05, 0.1) is 74.3 Å². The molecule has 3 saturated heterocycles. The summed E-state index contributed by atoms with van der Waals surface area (Å²) in [6.45, 7) is 18.7. The number of benzene rings is 1. The second-order valence-electron chi connectivity index (χ2n) is 23.9. The van der Waals surface area contributed by atoms with Crippen molar-refractivity contribution >= 4 is 28.8 Å². The number of hydrogen-bond donors (Lipinski definition) is 5. The molecule has 1 aliphatic carbocycles. The van der Waals surface area contributed by atoms with E-state index >= 15 is 0 Å². The van der Waals surface area contributed by atoms with E-state index in [4.69, 9.17) is 47.4 Å². The zero-order valence-corrected chi connectivity index (χ0v) is 49.5. The van der Waals surface area contributed by atoms with Crippen LogP contribution in [0.25, 0.3) is 10.9 Å². The summed E-state index contributed by atoms with van der Waals surface area (Å²) in [4.78, 5) is 56.3. The minimum atomic E-state index is -1.87. The Morgan fingerprint density at radius 1 is 0.887 bits per heavy atom. The van der Waals surface area contributed by atoms with E-state index in [0.29, 0.717) is 29.6 Å². The van der Waals surface area contributed by atoms with Crippen molar-refractivity contribution in [3.63, 3.8) is 0 Å². The van der Waals surface area contributed by atoms with Crippen molar-refractivity contribution in [1.29, 1.82) is 0 Å². The molecule has 22 heteroatoms. The molecule has 4 heterocycles. The summed E-state index contributed by atoms with van der Waals surface area (Å²) in [5.41, 5.74) is -4.86. The first-order chi connectivity index (χ1) is 37.5. The van der Waals surface area contributed by atoms with Crippen molar-refractivity contribution < 1.29 is 87.3 Å². The number of cyclic esters (lactones) is 1. The lowest BCUT2D eigenvalue weighted by atomic mass is 9.77. The average molecular weight is 1140 g/mol. The Bertz CT molecular complexity index is 2430. The van der Waals surface area contributed by atoms with Gasteiger partial charge in [0.2, 0.25) is 5.43 Å². The highest BCUT2D eigenvalue weighted by atomic mass is 16.7. The maximum Gasteiger partial charge on any atom is 0.341 e. The number of hydrogen-bond acceptors (Lipinski definition) is 20. The zero-order valence-electron chi connectivity index (χ0n) is 49.5. The Labute approximate surface area is 471 Å². The number of carboxylic acids is 1. The van der Waals surface area contributed by atoms with Crippen molar-refractivity contribution in [3.05, 3.63) is 40.2 Å². The SMILES string of the molecule is CC[C@H]1OC(=O)[C@H](C)[C@@H](O[C@H]2C[C@@](C)(OC)[C@@H](OC(=O)CCOCCOCCOc3ccc4c(=O)c(C(=O)O)cn(C5CC5)c4c3)[C@H](C)O2)[C@H](C)[C@@H](O[C@@H]2O[C@H](C)C[C@H](N(C)C)[C@H]2O)[C@](C)(O)C[C@@H](C)CN(C)[C@H](C)[C@@H](O)[C@]1(C)O. The molecule has 2 aromatic rings. The number of fused-ring (bicyclic) bond motifs is 1. The van der Waals surface area contributed by atoms with Crippen LogP contribution in [-0.2, 0) is 52.2 Å². The summed E-state index contributed by atoms with van der Waals surface area (Å²) in [5.74, 6) is -4.20. The predicted molar refractivity (Wildman–Crippen MR) is 293 cm³/mol. The molecule has 0 unspecified atom stereocenters. The number of nitrogens with zero attached hydrogens (tertiary/aromatic N) is 3. The van der Waals surface area contributed by atoms with Crippen LogP contribution in [0.4, 0.5) is 0 Å². The third-order valence-corrected chi connectivity index (χ3v) is 16.9. The predicted octanol–water partition coefficient (Wildman–Crippen LogP) is 4.30. The molecule has 4 aliphatic rings. The summed E-state index contributed by atoms with van der Waals surface area (Å²) in [5, 5.41) is 58.0. The van der Waals surface area contributed by atoms with E-state index in [1.54, 1.807) is 66.7 Å². The molecule has 454 valence electrons. The molecule has 4 fully saturated rings. The van der Waals surface area contributed by atoms with Crippen LogP contribution in [0.3, 0.4) is 0 Å². The lowest BCUT2D eigenvalue weighted by Crippen LogP contribution is -2.61. The van der Waals surface area contributed by atoms with E-state index in [1.807, 2.05) is 49.4 Å². The van der Waals surface area contributed by atoms with Crippen LogP contribution in [0, 0.1) is 17.8 Å². The summed E-state index contributed by atoms with van der Waals surface area (Å²) < 4.78 is 63.8. The molecule has 1 aromatic carbocycles. The topological polar surface area (TPSA) is 273 Å². The van der Waals surface area contributed by atoms with Crippen LogP contribution in [0.1, 0.15) is 131 Å². The van der Waals surface area contributed by atoms with Gasteiger partial charge < -0.3 is 87.3 Å². The highest BCUT2D eigenvalue weighted by molar-refractivity contribution is 5.93. The van der Waals surface area contributed by atoms with Crippen molar-refractivity contribution in [1.82, 2.24) is 14.4 Å². The number of likely N-dealkylation sites (N-methyl/N-ethyl adjacent to an activating group) is 2. The van der Waals surface area contributed by atoms with Gasteiger partial charge >= 0.3 is 17.9 Å². The maximum absolute atomic E-state index is 14.6. The number of aliphatic hydroxyl groups excluding tert-OH is 2. The fourth-order valence-corrected chi connectivity index (χ4v) is 12.1. The number of aromatic nitrogens is 1. The first-order valence-electron chi connectivity index (χ1n) is 28.5. The number of pyridine rings is 1. The van der Waals surface area contributed by atoms with Gasteiger partial charge in [0, 0.05) is 61.8 Å². The van der Waals surface area contributed by atoms with Crippen LogP contribution in [0.5, 0.6) is 5.75 Å². The van der Waals surface area contributed by atoms with Gasteiger partial charge in [0.1, 0.15) is 47.4 Å². The number of ether oxygens (including phenoxy) is 10. The Morgan fingerprint density at radius 2 is 1.55 bits per heavy atom. The standard InChI is InChI=1S/C58H93N3O19/c1-15-44-58(10,70)50(65)36(6)60(13)30-32(2)28-56(8,69)51(80-55-48(64)43(59(11)12)26-33(3)75-55)34(4)49(35(5)54(68)77-44)79-46-29-57(9,71-14)52(37(7)76-46)78-45(62)20-21-72-22-23-73-24-25-74-39-18-19-40-42(27-39)61(38-16-17-38)31-41(47(40)63)53(66)67/h18-19,27,31-38,43-44,46,48-52,55,64-65,69-70H,15-17,20-26,28-30H2,1-14H3,(H,66,67)/t32-,33-,34+,35-,36-,37+,43+,44-,46+,48-,49+,50-,51-,52+,55+,56-,57-,58-/m1/s1.